The molecule has 0 aliphatic rings. The van der Waals surface area contributed by atoms with Gasteiger partial charge in [0.05, 0.1) is 11.3 Å². The van der Waals surface area contributed by atoms with Gasteiger partial charge in [0.1, 0.15) is 0 Å². The molecule has 0 aromatic carbocycles. The van der Waals surface area contributed by atoms with Crippen molar-refractivity contribution in [2.24, 2.45) is 0 Å². The smallest absolute Gasteiger partial charge is 0.0955 e. The molecule has 1 heterocycles. The SMILES string of the molecule is Br.CCCC(Br)n1ccnc1. The molecule has 0 N–H and O–H groups in total. The van der Waals surface area contributed by atoms with Crippen LogP contribution in [0.4, 0.5) is 0 Å². The molecule has 0 aliphatic carbocycles. The quantitative estimate of drug-likeness (QED) is 0.780. The molecule has 0 fully saturated rings. The van der Waals surface area contributed by atoms with Crippen molar-refractivity contribution in [3.8, 4) is 0 Å². The molecule has 1 rings (SSSR count). The zero-order valence-corrected chi connectivity index (χ0v) is 9.70. The van der Waals surface area contributed by atoms with Crippen molar-refractivity contribution in [3.63, 3.8) is 0 Å². The van der Waals surface area contributed by atoms with E-state index in [9.17, 15) is 0 Å². The molecule has 1 aromatic heterocycles. The largest absolute Gasteiger partial charge is 0.324 e. The van der Waals surface area contributed by atoms with Crippen LogP contribution in [0.15, 0.2) is 18.7 Å². The van der Waals surface area contributed by atoms with Gasteiger partial charge in [-0.15, -0.1) is 17.0 Å². The molecule has 0 amide bonds. The van der Waals surface area contributed by atoms with E-state index in [0.29, 0.717) is 4.95 Å². The third kappa shape index (κ3) is 3.38. The maximum absolute atomic E-state index is 3.96. The van der Waals surface area contributed by atoms with Gasteiger partial charge in [-0.1, -0.05) is 29.3 Å². The van der Waals surface area contributed by atoms with Crippen LogP contribution in [-0.4, -0.2) is 9.55 Å². The molecule has 4 heteroatoms. The van der Waals surface area contributed by atoms with Gasteiger partial charge in [0.2, 0.25) is 0 Å². The van der Waals surface area contributed by atoms with E-state index < -0.39 is 0 Å². The summed E-state index contributed by atoms with van der Waals surface area (Å²) in [6.45, 7) is 2.17. The van der Waals surface area contributed by atoms with E-state index in [1.807, 2.05) is 12.5 Å². The van der Waals surface area contributed by atoms with E-state index in [1.54, 1.807) is 6.20 Å². The molecule has 11 heavy (non-hydrogen) atoms. The van der Waals surface area contributed by atoms with Gasteiger partial charge in [0, 0.05) is 12.4 Å². The Morgan fingerprint density at radius 2 is 2.36 bits per heavy atom. The van der Waals surface area contributed by atoms with Crippen molar-refractivity contribution in [3.05, 3.63) is 18.7 Å². The number of imidazole rings is 1. The molecule has 2 nitrogen and oxygen atoms in total. The molecule has 0 saturated heterocycles. The molecule has 0 spiro atoms. The number of alkyl halides is 1. The lowest BCUT2D eigenvalue weighted by molar-refractivity contribution is 0.624. The van der Waals surface area contributed by atoms with Crippen molar-refractivity contribution in [2.45, 2.75) is 24.7 Å². The standard InChI is InChI=1S/C7H11BrN2.BrH/c1-2-3-7(8)10-5-4-9-6-10;/h4-7H,2-3H2,1H3;1H. The van der Waals surface area contributed by atoms with Crippen molar-refractivity contribution in [2.75, 3.05) is 0 Å². The van der Waals surface area contributed by atoms with E-state index in [4.69, 9.17) is 0 Å². The third-order valence-corrected chi connectivity index (χ3v) is 2.31. The van der Waals surface area contributed by atoms with Gasteiger partial charge < -0.3 is 4.57 Å². The number of nitrogens with zero attached hydrogens (tertiary/aromatic N) is 2. The van der Waals surface area contributed by atoms with Crippen LogP contribution in [0.25, 0.3) is 0 Å². The van der Waals surface area contributed by atoms with Crippen LogP contribution < -0.4 is 0 Å². The Hall–Kier alpha value is 0.170. The van der Waals surface area contributed by atoms with E-state index in [2.05, 4.69) is 32.4 Å². The second-order valence-electron chi connectivity index (χ2n) is 2.23. The monoisotopic (exact) mass is 282 g/mol. The normalized spacial score (nSPS) is 12.2. The molecular weight excluding hydrogens is 272 g/mol. The summed E-state index contributed by atoms with van der Waals surface area (Å²) in [5.41, 5.74) is 0. The Labute approximate surface area is 85.9 Å². The van der Waals surface area contributed by atoms with Gasteiger partial charge in [-0.25, -0.2) is 4.98 Å². The minimum atomic E-state index is 0. The maximum atomic E-state index is 3.96. The number of aromatic nitrogens is 2. The molecular formula is C7H12Br2N2. The van der Waals surface area contributed by atoms with Gasteiger partial charge in [0.15, 0.2) is 0 Å². The van der Waals surface area contributed by atoms with Crippen LogP contribution in [0.2, 0.25) is 0 Å². The molecule has 0 aliphatic heterocycles. The number of halogens is 2. The highest BCUT2D eigenvalue weighted by Gasteiger charge is 2.01. The zero-order chi connectivity index (χ0) is 7.40. The van der Waals surface area contributed by atoms with Crippen LogP contribution in [0, 0.1) is 0 Å². The fourth-order valence-electron chi connectivity index (χ4n) is 0.822. The Kier molecular flexibility index (Phi) is 5.86. The molecule has 0 bridgehead atoms. The number of rotatable bonds is 3. The van der Waals surface area contributed by atoms with Gasteiger partial charge >= 0.3 is 0 Å². The Bertz CT molecular complexity index is 175. The maximum Gasteiger partial charge on any atom is 0.0955 e. The zero-order valence-electron chi connectivity index (χ0n) is 6.40. The highest BCUT2D eigenvalue weighted by atomic mass is 79.9. The van der Waals surface area contributed by atoms with Crippen molar-refractivity contribution in [1.82, 2.24) is 9.55 Å². The van der Waals surface area contributed by atoms with Gasteiger partial charge in [-0.2, -0.15) is 0 Å². The van der Waals surface area contributed by atoms with Crippen LogP contribution in [0.1, 0.15) is 24.7 Å². The lowest BCUT2D eigenvalue weighted by atomic mass is 10.3. The summed E-state index contributed by atoms with van der Waals surface area (Å²) in [4.78, 5) is 4.38. The molecule has 0 saturated carbocycles. The van der Waals surface area contributed by atoms with Crippen molar-refractivity contribution in [1.29, 1.82) is 0 Å². The highest BCUT2D eigenvalue weighted by molar-refractivity contribution is 9.09. The van der Waals surface area contributed by atoms with Crippen molar-refractivity contribution < 1.29 is 0 Å². The predicted molar refractivity (Wildman–Crippen MR) is 55.4 cm³/mol. The molecule has 1 unspecified atom stereocenters. The summed E-state index contributed by atoms with van der Waals surface area (Å²) in [6.07, 6.45) is 7.93. The Balaban J connectivity index is 0.000001000. The van der Waals surface area contributed by atoms with E-state index in [0.717, 1.165) is 6.42 Å². The molecule has 64 valence electrons. The highest BCUT2D eigenvalue weighted by Crippen LogP contribution is 2.19. The Morgan fingerprint density at radius 3 is 2.82 bits per heavy atom. The van der Waals surface area contributed by atoms with Crippen LogP contribution in [0.5, 0.6) is 0 Å². The summed E-state index contributed by atoms with van der Waals surface area (Å²) < 4.78 is 2.06. The van der Waals surface area contributed by atoms with Crippen LogP contribution >= 0.6 is 32.9 Å². The van der Waals surface area contributed by atoms with Crippen LogP contribution in [-0.2, 0) is 0 Å². The van der Waals surface area contributed by atoms with E-state index in [1.165, 1.54) is 6.42 Å². The summed E-state index contributed by atoms with van der Waals surface area (Å²) in [5.74, 6) is 0. The van der Waals surface area contributed by atoms with Crippen molar-refractivity contribution >= 4 is 32.9 Å². The summed E-state index contributed by atoms with van der Waals surface area (Å²) >= 11 is 3.55. The summed E-state index contributed by atoms with van der Waals surface area (Å²) in [6, 6.07) is 0. The first-order valence-corrected chi connectivity index (χ1v) is 4.37. The first-order chi connectivity index (χ1) is 4.84. The van der Waals surface area contributed by atoms with Gasteiger partial charge in [-0.3, -0.25) is 0 Å². The summed E-state index contributed by atoms with van der Waals surface area (Å²) in [5, 5.41) is 0. The second kappa shape index (κ2) is 5.77. The molecule has 0 radical (unpaired) electrons. The fraction of sp³-hybridized carbons (Fsp3) is 0.571. The molecule has 1 aromatic rings. The molecule has 1 atom stereocenters. The predicted octanol–water partition coefficient (Wildman–Crippen LogP) is 3.15. The Morgan fingerprint density at radius 1 is 1.64 bits per heavy atom. The van der Waals surface area contributed by atoms with Gasteiger partial charge in [0.25, 0.3) is 0 Å². The van der Waals surface area contributed by atoms with E-state index >= 15 is 0 Å². The fourth-order valence-corrected chi connectivity index (χ4v) is 1.52. The lowest BCUT2D eigenvalue weighted by Gasteiger charge is -2.08. The summed E-state index contributed by atoms with van der Waals surface area (Å²) in [7, 11) is 0. The number of hydrogen-bond donors (Lipinski definition) is 0. The lowest BCUT2D eigenvalue weighted by Crippen LogP contribution is -1.97. The average molecular weight is 284 g/mol. The van der Waals surface area contributed by atoms with E-state index in [-0.39, 0.29) is 17.0 Å². The minimum Gasteiger partial charge on any atom is -0.324 e. The van der Waals surface area contributed by atoms with Crippen LogP contribution in [0.3, 0.4) is 0 Å². The first kappa shape index (κ1) is 11.2. The van der Waals surface area contributed by atoms with Gasteiger partial charge in [-0.05, 0) is 6.42 Å². The third-order valence-electron chi connectivity index (χ3n) is 1.38. The second-order valence-corrected chi connectivity index (χ2v) is 3.29. The minimum absolute atomic E-state index is 0. The topological polar surface area (TPSA) is 17.8 Å². The first-order valence-electron chi connectivity index (χ1n) is 3.46. The average Bonchev–Trinajstić information content (AvgIpc) is 2.38. The number of hydrogen-bond acceptors (Lipinski definition) is 1.